The van der Waals surface area contributed by atoms with Crippen molar-refractivity contribution in [3.05, 3.63) is 42.4 Å². The highest BCUT2D eigenvalue weighted by Gasteiger charge is 2.21. The van der Waals surface area contributed by atoms with E-state index >= 15 is 0 Å². The van der Waals surface area contributed by atoms with E-state index in [0.29, 0.717) is 10.7 Å². The Morgan fingerprint density at radius 2 is 2.00 bits per heavy atom. The number of fused-ring (bicyclic) bond motifs is 1. The number of hydrogen-bond donors (Lipinski definition) is 1. The highest BCUT2D eigenvalue weighted by molar-refractivity contribution is 7.21. The number of ether oxygens (including phenoxy) is 1. The molecule has 1 amide bonds. The van der Waals surface area contributed by atoms with E-state index in [9.17, 15) is 9.59 Å². The fourth-order valence-electron chi connectivity index (χ4n) is 2.24. The van der Waals surface area contributed by atoms with Gasteiger partial charge >= 0.3 is 5.97 Å². The monoisotopic (exact) mass is 370 g/mol. The third kappa shape index (κ3) is 4.02. The van der Waals surface area contributed by atoms with Crippen molar-refractivity contribution in [1.82, 2.24) is 20.3 Å². The summed E-state index contributed by atoms with van der Waals surface area (Å²) in [6.07, 6.45) is 3.70. The summed E-state index contributed by atoms with van der Waals surface area (Å²) in [6, 6.07) is 7.68. The molecule has 0 saturated carbocycles. The average Bonchev–Trinajstić information content (AvgIpc) is 3.10. The molecule has 0 bridgehead atoms. The summed E-state index contributed by atoms with van der Waals surface area (Å²) in [5, 5.41) is 3.32. The molecule has 0 saturated heterocycles. The molecule has 1 aromatic carbocycles. The Kier molecular flexibility index (Phi) is 5.52. The van der Waals surface area contributed by atoms with Gasteiger partial charge in [0.1, 0.15) is 10.7 Å². The maximum absolute atomic E-state index is 12.4. The number of rotatable bonds is 6. The van der Waals surface area contributed by atoms with Crippen LogP contribution < -0.4 is 5.32 Å². The second-order valence-electron chi connectivity index (χ2n) is 5.69. The van der Waals surface area contributed by atoms with Crippen LogP contribution in [0.15, 0.2) is 36.7 Å². The average molecular weight is 370 g/mol. The van der Waals surface area contributed by atoms with Crippen LogP contribution in [0.5, 0.6) is 0 Å². The van der Waals surface area contributed by atoms with Crippen LogP contribution in [0.4, 0.5) is 0 Å². The van der Waals surface area contributed by atoms with E-state index in [1.54, 1.807) is 0 Å². The van der Waals surface area contributed by atoms with Crippen LogP contribution >= 0.6 is 11.3 Å². The largest absolute Gasteiger partial charge is 0.451 e. The number of aromatic nitrogens is 3. The second kappa shape index (κ2) is 8.01. The molecule has 8 heteroatoms. The van der Waals surface area contributed by atoms with E-state index in [1.807, 2.05) is 38.1 Å². The molecule has 0 aliphatic carbocycles. The molecule has 0 radical (unpaired) electrons. The molecule has 1 N–H and O–H groups in total. The molecule has 3 aromatic rings. The van der Waals surface area contributed by atoms with Gasteiger partial charge in [-0.2, -0.15) is 0 Å². The lowest BCUT2D eigenvalue weighted by Crippen LogP contribution is -2.35. The maximum atomic E-state index is 12.4. The Morgan fingerprint density at radius 1 is 1.23 bits per heavy atom. The summed E-state index contributed by atoms with van der Waals surface area (Å²) in [5.74, 6) is -1.05. The second-order valence-corrected chi connectivity index (χ2v) is 6.72. The molecule has 0 fully saturated rings. The molecular weight excluding hydrogens is 352 g/mol. The first-order valence-corrected chi connectivity index (χ1v) is 9.03. The summed E-state index contributed by atoms with van der Waals surface area (Å²) in [4.78, 5) is 37.0. The van der Waals surface area contributed by atoms with Crippen LogP contribution in [0, 0.1) is 0 Å². The van der Waals surface area contributed by atoms with Gasteiger partial charge in [-0.05, 0) is 25.5 Å². The number of benzene rings is 1. The minimum absolute atomic E-state index is 0.0241. The Morgan fingerprint density at radius 3 is 2.77 bits per heavy atom. The molecule has 0 aliphatic heterocycles. The topological polar surface area (TPSA) is 94.1 Å². The van der Waals surface area contributed by atoms with Crippen LogP contribution in [0.2, 0.25) is 0 Å². The molecule has 2 aromatic heterocycles. The standard InChI is InChI=1S/C18H18N4O3S/c1-3-11(2)21-14(23)10-25-18(24)16-15(19-8-9-20-16)17-22-12-6-4-5-7-13(12)26-17/h4-9,11H,3,10H2,1-2H3,(H,21,23). The normalized spacial score (nSPS) is 11.9. The van der Waals surface area contributed by atoms with Gasteiger partial charge in [0.05, 0.1) is 10.2 Å². The van der Waals surface area contributed by atoms with E-state index in [1.165, 1.54) is 23.7 Å². The molecule has 7 nitrogen and oxygen atoms in total. The van der Waals surface area contributed by atoms with Gasteiger partial charge in [0.2, 0.25) is 0 Å². The summed E-state index contributed by atoms with van der Waals surface area (Å²) >= 11 is 1.42. The Hall–Kier alpha value is -2.87. The van der Waals surface area contributed by atoms with Gasteiger partial charge in [-0.15, -0.1) is 11.3 Å². The molecular formula is C18H18N4O3S. The minimum atomic E-state index is -0.702. The summed E-state index contributed by atoms with van der Waals surface area (Å²) in [6.45, 7) is 3.48. The quantitative estimate of drug-likeness (QED) is 0.671. The number of thiazole rings is 1. The first-order valence-electron chi connectivity index (χ1n) is 8.22. The predicted molar refractivity (Wildman–Crippen MR) is 98.8 cm³/mol. The van der Waals surface area contributed by atoms with Gasteiger partial charge in [0.15, 0.2) is 12.3 Å². The SMILES string of the molecule is CCC(C)NC(=O)COC(=O)c1nccnc1-c1nc2ccccc2s1. The van der Waals surface area contributed by atoms with E-state index in [2.05, 4.69) is 20.3 Å². The number of nitrogens with zero attached hydrogens (tertiary/aromatic N) is 3. The number of hydrogen-bond acceptors (Lipinski definition) is 7. The van der Waals surface area contributed by atoms with Crippen LogP contribution in [-0.4, -0.2) is 39.5 Å². The third-order valence-corrected chi connectivity index (χ3v) is 4.79. The number of nitrogens with one attached hydrogen (secondary N) is 1. The molecule has 0 spiro atoms. The first-order chi connectivity index (χ1) is 12.6. The van der Waals surface area contributed by atoms with Crippen LogP contribution in [0.1, 0.15) is 30.8 Å². The van der Waals surface area contributed by atoms with Gasteiger partial charge in [-0.1, -0.05) is 19.1 Å². The van der Waals surface area contributed by atoms with Gasteiger partial charge in [-0.3, -0.25) is 4.79 Å². The molecule has 26 heavy (non-hydrogen) atoms. The van der Waals surface area contributed by atoms with E-state index in [-0.39, 0.29) is 24.2 Å². The molecule has 3 rings (SSSR count). The van der Waals surface area contributed by atoms with Gasteiger partial charge < -0.3 is 10.1 Å². The van der Waals surface area contributed by atoms with Crippen LogP contribution in [0.25, 0.3) is 20.9 Å². The van der Waals surface area contributed by atoms with Crippen molar-refractivity contribution in [2.24, 2.45) is 0 Å². The van der Waals surface area contributed by atoms with Crippen molar-refractivity contribution in [3.63, 3.8) is 0 Å². The number of esters is 1. The minimum Gasteiger partial charge on any atom is -0.451 e. The van der Waals surface area contributed by atoms with Crippen molar-refractivity contribution in [1.29, 1.82) is 0 Å². The summed E-state index contributed by atoms with van der Waals surface area (Å²) in [7, 11) is 0. The van der Waals surface area contributed by atoms with E-state index < -0.39 is 5.97 Å². The van der Waals surface area contributed by atoms with Crippen molar-refractivity contribution in [3.8, 4) is 10.7 Å². The lowest BCUT2D eigenvalue weighted by atomic mass is 10.2. The lowest BCUT2D eigenvalue weighted by Gasteiger charge is -2.11. The maximum Gasteiger partial charge on any atom is 0.359 e. The highest BCUT2D eigenvalue weighted by atomic mass is 32.1. The summed E-state index contributed by atoms with van der Waals surface area (Å²) < 4.78 is 6.08. The first kappa shape index (κ1) is 17.9. The fraction of sp³-hybridized carbons (Fsp3) is 0.278. The Bertz CT molecular complexity index is 908. The highest BCUT2D eigenvalue weighted by Crippen LogP contribution is 2.30. The zero-order chi connectivity index (χ0) is 18.5. The van der Waals surface area contributed by atoms with Crippen molar-refractivity contribution in [2.75, 3.05) is 6.61 Å². The Balaban J connectivity index is 1.78. The zero-order valence-corrected chi connectivity index (χ0v) is 15.2. The smallest absolute Gasteiger partial charge is 0.359 e. The van der Waals surface area contributed by atoms with Crippen LogP contribution in [-0.2, 0) is 9.53 Å². The molecule has 134 valence electrons. The van der Waals surface area contributed by atoms with Crippen LogP contribution in [0.3, 0.4) is 0 Å². The van der Waals surface area contributed by atoms with Crippen molar-refractivity contribution < 1.29 is 14.3 Å². The summed E-state index contributed by atoms with van der Waals surface area (Å²) in [5.41, 5.74) is 1.22. The number of carbonyl (C=O) groups is 2. The number of carbonyl (C=O) groups excluding carboxylic acids is 2. The third-order valence-electron chi connectivity index (χ3n) is 3.74. The van der Waals surface area contributed by atoms with Gasteiger partial charge in [0, 0.05) is 18.4 Å². The molecule has 0 aliphatic rings. The number of amides is 1. The van der Waals surface area contributed by atoms with Gasteiger partial charge in [-0.25, -0.2) is 19.7 Å². The van der Waals surface area contributed by atoms with E-state index in [0.717, 1.165) is 16.6 Å². The van der Waals surface area contributed by atoms with Gasteiger partial charge in [0.25, 0.3) is 5.91 Å². The fourth-order valence-corrected chi connectivity index (χ4v) is 3.20. The van der Waals surface area contributed by atoms with Crippen molar-refractivity contribution in [2.45, 2.75) is 26.3 Å². The van der Waals surface area contributed by atoms with E-state index in [4.69, 9.17) is 4.74 Å². The van der Waals surface area contributed by atoms with Crippen molar-refractivity contribution >= 4 is 33.4 Å². The number of para-hydroxylation sites is 1. The molecule has 1 unspecified atom stereocenters. The molecule has 2 heterocycles. The predicted octanol–water partition coefficient (Wildman–Crippen LogP) is 2.82. The lowest BCUT2D eigenvalue weighted by molar-refractivity contribution is -0.124. The zero-order valence-electron chi connectivity index (χ0n) is 14.4. The molecule has 1 atom stereocenters. The Labute approximate surface area is 154 Å².